The molecule has 0 amide bonds. The lowest BCUT2D eigenvalue weighted by Crippen LogP contribution is -2.39. The lowest BCUT2D eigenvalue weighted by molar-refractivity contribution is 0.0102. The summed E-state index contributed by atoms with van der Waals surface area (Å²) in [5.41, 5.74) is -1.08. The van der Waals surface area contributed by atoms with Gasteiger partial charge in [-0.05, 0) is 19.7 Å². The van der Waals surface area contributed by atoms with Crippen LogP contribution in [0.25, 0.3) is 11.2 Å². The number of fused-ring (bicyclic) bond motifs is 1. The quantitative estimate of drug-likeness (QED) is 0.835. The molecule has 2 heterocycles. The van der Waals surface area contributed by atoms with Crippen molar-refractivity contribution in [2.24, 2.45) is 14.1 Å². The fraction of sp³-hybridized carbons (Fsp3) is 0.615. The summed E-state index contributed by atoms with van der Waals surface area (Å²) in [7, 11) is 2.96. The van der Waals surface area contributed by atoms with E-state index in [9.17, 15) is 18.4 Å². The van der Waals surface area contributed by atoms with Crippen molar-refractivity contribution in [3.8, 4) is 0 Å². The van der Waals surface area contributed by atoms with Crippen molar-refractivity contribution in [3.05, 3.63) is 27.2 Å². The molecule has 8 heteroatoms. The van der Waals surface area contributed by atoms with Gasteiger partial charge in [-0.2, -0.15) is 0 Å². The number of halogens is 2. The molecule has 0 atom stereocenters. The normalized spacial score (nSPS) is 17.0. The second kappa shape index (κ2) is 5.42. The molecule has 0 aliphatic carbocycles. The molecule has 0 aliphatic rings. The molecule has 0 radical (unpaired) electrons. The van der Waals surface area contributed by atoms with E-state index < -0.39 is 36.8 Å². The first-order valence-corrected chi connectivity index (χ1v) is 6.21. The van der Waals surface area contributed by atoms with Crippen molar-refractivity contribution in [2.75, 3.05) is 0 Å². The first kappa shape index (κ1) is 9.86. The zero-order valence-corrected chi connectivity index (χ0v) is 11.6. The first-order chi connectivity index (χ1) is 11.7. The standard InChI is InChI=1S/C13H18F2N4O2/c1-13(14,15)6-4-5-7-19-11(20)9-10(16-8-17(9)2)18(3)12(19)21/h8H,4-7H2,1-3H3/i1D3,6D2. The minimum absolute atomic E-state index is 0.142. The maximum atomic E-state index is 13.8. The molecule has 0 spiro atoms. The minimum Gasteiger partial charge on any atom is -0.328 e. The molecule has 0 fully saturated rings. The van der Waals surface area contributed by atoms with E-state index in [1.165, 1.54) is 17.9 Å². The van der Waals surface area contributed by atoms with E-state index >= 15 is 0 Å². The highest BCUT2D eigenvalue weighted by Gasteiger charge is 2.20. The van der Waals surface area contributed by atoms with Gasteiger partial charge < -0.3 is 4.57 Å². The van der Waals surface area contributed by atoms with E-state index in [-0.39, 0.29) is 24.1 Å². The van der Waals surface area contributed by atoms with Gasteiger partial charge in [0, 0.05) is 33.9 Å². The summed E-state index contributed by atoms with van der Waals surface area (Å²) in [6.07, 6.45) is -3.12. The number of hydrogen-bond acceptors (Lipinski definition) is 3. The molecule has 2 rings (SSSR count). The number of alkyl halides is 2. The number of rotatable bonds is 5. The summed E-state index contributed by atoms with van der Waals surface area (Å²) >= 11 is 0. The lowest BCUT2D eigenvalue weighted by atomic mass is 10.1. The molecule has 0 N–H and O–H groups in total. The first-order valence-electron chi connectivity index (χ1n) is 8.71. The molecule has 6 nitrogen and oxygen atoms in total. The summed E-state index contributed by atoms with van der Waals surface area (Å²) < 4.78 is 66.2. The molecule has 0 aliphatic heterocycles. The highest BCUT2D eigenvalue weighted by atomic mass is 19.3. The van der Waals surface area contributed by atoms with Gasteiger partial charge in [0.25, 0.3) is 5.56 Å². The summed E-state index contributed by atoms with van der Waals surface area (Å²) in [6.45, 7) is -4.12. The van der Waals surface area contributed by atoms with Crippen molar-refractivity contribution in [3.63, 3.8) is 0 Å². The molecule has 2 aromatic heterocycles. The molecular formula is C13H18F2N4O2. The fourth-order valence-corrected chi connectivity index (χ4v) is 2.08. The number of hydrogen-bond donors (Lipinski definition) is 0. The molecule has 0 saturated carbocycles. The highest BCUT2D eigenvalue weighted by Crippen LogP contribution is 2.19. The molecule has 21 heavy (non-hydrogen) atoms. The van der Waals surface area contributed by atoms with Gasteiger partial charge in [-0.3, -0.25) is 13.9 Å². The number of imidazole rings is 1. The van der Waals surface area contributed by atoms with E-state index in [2.05, 4.69) is 4.98 Å². The van der Waals surface area contributed by atoms with Gasteiger partial charge in [-0.25, -0.2) is 18.6 Å². The summed E-state index contributed by atoms with van der Waals surface area (Å²) in [5, 5.41) is 0. The minimum atomic E-state index is -4.55. The van der Waals surface area contributed by atoms with Gasteiger partial charge in [0.05, 0.1) is 6.33 Å². The third-order valence-electron chi connectivity index (χ3n) is 3.11. The van der Waals surface area contributed by atoms with Crippen molar-refractivity contribution in [2.45, 2.75) is 38.5 Å². The van der Waals surface area contributed by atoms with Gasteiger partial charge in [-0.15, -0.1) is 0 Å². The monoisotopic (exact) mass is 305 g/mol. The van der Waals surface area contributed by atoms with Crippen LogP contribution < -0.4 is 11.2 Å². The number of aromatic nitrogens is 4. The van der Waals surface area contributed by atoms with Crippen LogP contribution in [0.2, 0.25) is 0 Å². The molecule has 0 aromatic carbocycles. The van der Waals surface area contributed by atoms with Crippen LogP contribution in [-0.4, -0.2) is 24.6 Å². The Labute approximate surface area is 126 Å². The van der Waals surface area contributed by atoms with Crippen LogP contribution in [0.5, 0.6) is 0 Å². The third-order valence-corrected chi connectivity index (χ3v) is 3.11. The van der Waals surface area contributed by atoms with Crippen molar-refractivity contribution >= 4 is 11.2 Å². The van der Waals surface area contributed by atoms with E-state index in [1.807, 2.05) is 0 Å². The Kier molecular flexibility index (Phi) is 2.54. The van der Waals surface area contributed by atoms with Gasteiger partial charge in [0.1, 0.15) is 0 Å². The topological polar surface area (TPSA) is 61.8 Å². The second-order valence-electron chi connectivity index (χ2n) is 4.68. The van der Waals surface area contributed by atoms with Crippen LogP contribution in [0, 0.1) is 0 Å². The average molecular weight is 305 g/mol. The zero-order valence-electron chi connectivity index (χ0n) is 16.6. The fourth-order valence-electron chi connectivity index (χ4n) is 2.08. The predicted molar refractivity (Wildman–Crippen MR) is 74.7 cm³/mol. The van der Waals surface area contributed by atoms with Crippen LogP contribution >= 0.6 is 0 Å². The van der Waals surface area contributed by atoms with Crippen LogP contribution in [0.1, 0.15) is 32.9 Å². The van der Waals surface area contributed by atoms with Crippen LogP contribution in [0.15, 0.2) is 15.9 Å². The van der Waals surface area contributed by atoms with E-state index in [4.69, 9.17) is 6.85 Å². The highest BCUT2D eigenvalue weighted by molar-refractivity contribution is 5.69. The van der Waals surface area contributed by atoms with Gasteiger partial charge in [-0.1, -0.05) is 0 Å². The van der Waals surface area contributed by atoms with E-state index in [1.54, 1.807) is 7.05 Å². The predicted octanol–water partition coefficient (Wildman–Crippen LogP) is 1.26. The van der Waals surface area contributed by atoms with Crippen molar-refractivity contribution < 1.29 is 15.6 Å². The summed E-state index contributed by atoms with van der Waals surface area (Å²) in [5.74, 6) is -4.55. The Morgan fingerprint density at radius 3 is 2.76 bits per heavy atom. The van der Waals surface area contributed by atoms with Gasteiger partial charge >= 0.3 is 5.69 Å². The Morgan fingerprint density at radius 2 is 2.10 bits per heavy atom. The largest absolute Gasteiger partial charge is 0.332 e. The van der Waals surface area contributed by atoms with Crippen LogP contribution in [0.4, 0.5) is 8.78 Å². The number of aryl methyl sites for hydroxylation is 2. The zero-order chi connectivity index (χ0) is 20.1. The Balaban J connectivity index is 2.30. The van der Waals surface area contributed by atoms with Crippen molar-refractivity contribution in [1.29, 1.82) is 0 Å². The molecular weight excluding hydrogens is 282 g/mol. The summed E-state index contributed by atoms with van der Waals surface area (Å²) in [4.78, 5) is 28.7. The number of nitrogens with zero attached hydrogens (tertiary/aromatic N) is 4. The Morgan fingerprint density at radius 1 is 1.38 bits per heavy atom. The van der Waals surface area contributed by atoms with E-state index in [0.717, 1.165) is 9.13 Å². The lowest BCUT2D eigenvalue weighted by Gasteiger charge is -2.11. The Hall–Kier alpha value is -1.99. The third kappa shape index (κ3) is 3.03. The maximum absolute atomic E-state index is 13.8. The molecule has 0 bridgehead atoms. The van der Waals surface area contributed by atoms with Crippen LogP contribution in [0.3, 0.4) is 0 Å². The molecule has 2 aromatic rings. The summed E-state index contributed by atoms with van der Waals surface area (Å²) in [6, 6.07) is 0. The smallest absolute Gasteiger partial charge is 0.328 e. The molecule has 0 saturated heterocycles. The van der Waals surface area contributed by atoms with Crippen LogP contribution in [-0.2, 0) is 20.6 Å². The van der Waals surface area contributed by atoms with Gasteiger partial charge in [0.2, 0.25) is 5.92 Å². The molecule has 116 valence electrons. The van der Waals surface area contributed by atoms with Crippen molar-refractivity contribution in [1.82, 2.24) is 18.7 Å². The van der Waals surface area contributed by atoms with Gasteiger partial charge in [0.15, 0.2) is 11.2 Å². The second-order valence-corrected chi connectivity index (χ2v) is 4.68. The van der Waals surface area contributed by atoms with E-state index in [0.29, 0.717) is 0 Å². The SMILES string of the molecule is [2H]C([2H])([2H])C(F)(F)C([2H])([2H])CCCn1c(=O)c2c(ncn2C)n(C)c1=O. The Bertz CT molecular complexity index is 945. The average Bonchev–Trinajstić information content (AvgIpc) is 2.89. The maximum Gasteiger partial charge on any atom is 0.332 e. The molecule has 0 unspecified atom stereocenters.